The predicted octanol–water partition coefficient (Wildman–Crippen LogP) is 4.14. The Labute approximate surface area is 183 Å². The zero-order chi connectivity index (χ0) is 21.9. The molecule has 0 aliphatic heterocycles. The Morgan fingerprint density at radius 2 is 1.48 bits per heavy atom. The smallest absolute Gasteiger partial charge is 0.261 e. The minimum Gasteiger partial charge on any atom is -0.484 e. The predicted molar refractivity (Wildman–Crippen MR) is 121 cm³/mol. The first kappa shape index (κ1) is 21.8. The number of nitrogens with zero attached hydrogens (tertiary/aromatic N) is 1. The average Bonchev–Trinajstić information content (AvgIpc) is 2.83. The van der Waals surface area contributed by atoms with Crippen LogP contribution in [0, 0.1) is 0 Å². The Morgan fingerprint density at radius 3 is 2.10 bits per heavy atom. The highest BCUT2D eigenvalue weighted by Crippen LogP contribution is 2.24. The van der Waals surface area contributed by atoms with Gasteiger partial charge in [-0.25, -0.2) is 0 Å². The molecule has 0 saturated carbocycles. The number of carbonyl (C=O) groups is 2. The number of hydrogen-bond donors (Lipinski definition) is 1. The molecule has 0 bridgehead atoms. The second-order valence-corrected chi connectivity index (χ2v) is 6.96. The summed E-state index contributed by atoms with van der Waals surface area (Å²) < 4.78 is 5.69. The second-order valence-electron chi connectivity index (χ2n) is 6.96. The van der Waals surface area contributed by atoms with Gasteiger partial charge in [-0.2, -0.15) is 0 Å². The third-order valence-electron chi connectivity index (χ3n) is 4.72. The van der Waals surface area contributed by atoms with Crippen molar-refractivity contribution >= 4 is 11.8 Å². The average molecular weight is 415 g/mol. The molecular formula is C26H26N2O3. The highest BCUT2D eigenvalue weighted by atomic mass is 16.5. The van der Waals surface area contributed by atoms with Crippen molar-refractivity contribution in [3.8, 4) is 5.75 Å². The lowest BCUT2D eigenvalue weighted by Crippen LogP contribution is -2.45. The Hall–Kier alpha value is -3.86. The van der Waals surface area contributed by atoms with Gasteiger partial charge in [-0.3, -0.25) is 9.59 Å². The van der Waals surface area contributed by atoms with Crippen molar-refractivity contribution in [3.63, 3.8) is 0 Å². The summed E-state index contributed by atoms with van der Waals surface area (Å²) in [6.45, 7) is 4.08. The van der Waals surface area contributed by atoms with Crippen LogP contribution in [0.1, 0.15) is 17.2 Å². The lowest BCUT2D eigenvalue weighted by Gasteiger charge is -2.31. The Balaban J connectivity index is 1.91. The maximum Gasteiger partial charge on any atom is 0.261 e. The van der Waals surface area contributed by atoms with Crippen LogP contribution < -0.4 is 10.1 Å². The minimum absolute atomic E-state index is 0.172. The molecule has 0 fully saturated rings. The van der Waals surface area contributed by atoms with Gasteiger partial charge < -0.3 is 15.0 Å². The first-order chi connectivity index (χ1) is 15.2. The van der Waals surface area contributed by atoms with E-state index in [1.165, 1.54) is 0 Å². The molecule has 0 radical (unpaired) electrons. The molecule has 0 aromatic heterocycles. The number of rotatable bonds is 10. The van der Waals surface area contributed by atoms with E-state index < -0.39 is 6.04 Å². The largest absolute Gasteiger partial charge is 0.484 e. The topological polar surface area (TPSA) is 58.6 Å². The molecule has 3 aromatic rings. The SMILES string of the molecule is C=CCNC(=O)[C@@H](c1ccccc1)N(Cc1ccccc1)C(=O)COc1ccccc1. The third kappa shape index (κ3) is 6.31. The number of benzene rings is 3. The first-order valence-corrected chi connectivity index (χ1v) is 10.1. The zero-order valence-electron chi connectivity index (χ0n) is 17.3. The molecular weight excluding hydrogens is 388 g/mol. The fourth-order valence-corrected chi connectivity index (χ4v) is 3.23. The molecule has 5 heteroatoms. The van der Waals surface area contributed by atoms with Crippen molar-refractivity contribution in [1.29, 1.82) is 0 Å². The van der Waals surface area contributed by atoms with Gasteiger partial charge in [-0.05, 0) is 23.3 Å². The molecule has 31 heavy (non-hydrogen) atoms. The summed E-state index contributed by atoms with van der Waals surface area (Å²) in [6, 6.07) is 27.2. The molecule has 1 atom stereocenters. The maximum absolute atomic E-state index is 13.3. The van der Waals surface area contributed by atoms with Gasteiger partial charge in [-0.1, -0.05) is 84.9 Å². The van der Waals surface area contributed by atoms with E-state index in [1.54, 1.807) is 23.1 Å². The number of carbonyl (C=O) groups excluding carboxylic acids is 2. The van der Waals surface area contributed by atoms with E-state index in [-0.39, 0.29) is 25.0 Å². The van der Waals surface area contributed by atoms with Gasteiger partial charge in [0.1, 0.15) is 11.8 Å². The van der Waals surface area contributed by atoms with Crippen LogP contribution in [0.15, 0.2) is 104 Å². The molecule has 0 spiro atoms. The summed E-state index contributed by atoms with van der Waals surface area (Å²) in [5, 5.41) is 2.83. The number of para-hydroxylation sites is 1. The normalized spacial score (nSPS) is 11.2. The fraction of sp³-hybridized carbons (Fsp3) is 0.154. The van der Waals surface area contributed by atoms with Gasteiger partial charge in [-0.15, -0.1) is 6.58 Å². The number of ether oxygens (including phenoxy) is 1. The number of nitrogens with one attached hydrogen (secondary N) is 1. The molecule has 158 valence electrons. The van der Waals surface area contributed by atoms with Crippen LogP contribution in [-0.2, 0) is 16.1 Å². The molecule has 0 aliphatic carbocycles. The van der Waals surface area contributed by atoms with Crippen LogP contribution in [0.5, 0.6) is 5.75 Å². The van der Waals surface area contributed by atoms with E-state index >= 15 is 0 Å². The van der Waals surface area contributed by atoms with Gasteiger partial charge in [0.25, 0.3) is 5.91 Å². The molecule has 3 rings (SSSR count). The Kier molecular flexibility index (Phi) is 8.00. The first-order valence-electron chi connectivity index (χ1n) is 10.1. The van der Waals surface area contributed by atoms with E-state index in [9.17, 15) is 9.59 Å². The summed E-state index contributed by atoms with van der Waals surface area (Å²) in [5.41, 5.74) is 1.65. The summed E-state index contributed by atoms with van der Waals surface area (Å²) in [7, 11) is 0. The summed E-state index contributed by atoms with van der Waals surface area (Å²) in [6.07, 6.45) is 1.61. The molecule has 0 heterocycles. The van der Waals surface area contributed by atoms with Crippen LogP contribution in [0.25, 0.3) is 0 Å². The third-order valence-corrected chi connectivity index (χ3v) is 4.72. The number of hydrogen-bond acceptors (Lipinski definition) is 3. The maximum atomic E-state index is 13.3. The zero-order valence-corrected chi connectivity index (χ0v) is 17.3. The quantitative estimate of drug-likeness (QED) is 0.508. The van der Waals surface area contributed by atoms with Crippen molar-refractivity contribution in [2.75, 3.05) is 13.2 Å². The minimum atomic E-state index is -0.798. The van der Waals surface area contributed by atoms with Gasteiger partial charge in [0.2, 0.25) is 5.91 Å². The molecule has 0 saturated heterocycles. The van der Waals surface area contributed by atoms with Crippen LogP contribution in [-0.4, -0.2) is 29.9 Å². The van der Waals surface area contributed by atoms with E-state index in [0.29, 0.717) is 12.3 Å². The Bertz CT molecular complexity index is 975. The summed E-state index contributed by atoms with van der Waals surface area (Å²) >= 11 is 0. The van der Waals surface area contributed by atoms with Crippen molar-refractivity contribution < 1.29 is 14.3 Å². The van der Waals surface area contributed by atoms with Crippen molar-refractivity contribution in [2.45, 2.75) is 12.6 Å². The van der Waals surface area contributed by atoms with E-state index in [4.69, 9.17) is 4.74 Å². The van der Waals surface area contributed by atoms with Crippen LogP contribution in [0.4, 0.5) is 0 Å². The summed E-state index contributed by atoms with van der Waals surface area (Å²) in [4.78, 5) is 28.0. The monoisotopic (exact) mass is 414 g/mol. The fourth-order valence-electron chi connectivity index (χ4n) is 3.23. The van der Waals surface area contributed by atoms with Gasteiger partial charge >= 0.3 is 0 Å². The lowest BCUT2D eigenvalue weighted by molar-refractivity contribution is -0.143. The van der Waals surface area contributed by atoms with E-state index in [2.05, 4.69) is 11.9 Å². The molecule has 0 unspecified atom stereocenters. The van der Waals surface area contributed by atoms with E-state index in [0.717, 1.165) is 11.1 Å². The standard InChI is InChI=1S/C26H26N2O3/c1-2-18-27-26(30)25(22-14-8-4-9-15-22)28(19-21-12-6-3-7-13-21)24(29)20-31-23-16-10-5-11-17-23/h2-17,25H,1,18-20H2,(H,27,30)/t25-/m1/s1. The van der Waals surface area contributed by atoms with Crippen LogP contribution in [0.2, 0.25) is 0 Å². The van der Waals surface area contributed by atoms with Gasteiger partial charge in [0.05, 0.1) is 0 Å². The summed E-state index contributed by atoms with van der Waals surface area (Å²) in [5.74, 6) is 0.0493. The van der Waals surface area contributed by atoms with Crippen molar-refractivity contribution in [1.82, 2.24) is 10.2 Å². The molecule has 2 amide bonds. The molecule has 5 nitrogen and oxygen atoms in total. The van der Waals surface area contributed by atoms with Crippen molar-refractivity contribution in [2.24, 2.45) is 0 Å². The van der Waals surface area contributed by atoms with Crippen LogP contribution in [0.3, 0.4) is 0 Å². The van der Waals surface area contributed by atoms with Gasteiger partial charge in [0.15, 0.2) is 6.61 Å². The Morgan fingerprint density at radius 1 is 0.903 bits per heavy atom. The van der Waals surface area contributed by atoms with E-state index in [1.807, 2.05) is 78.9 Å². The number of amides is 2. The van der Waals surface area contributed by atoms with Gasteiger partial charge in [0, 0.05) is 13.1 Å². The highest BCUT2D eigenvalue weighted by molar-refractivity contribution is 5.89. The second kappa shape index (κ2) is 11.4. The lowest BCUT2D eigenvalue weighted by atomic mass is 10.0. The molecule has 3 aromatic carbocycles. The molecule has 0 aliphatic rings. The highest BCUT2D eigenvalue weighted by Gasteiger charge is 2.31. The van der Waals surface area contributed by atoms with Crippen molar-refractivity contribution in [3.05, 3.63) is 115 Å². The van der Waals surface area contributed by atoms with Crippen LogP contribution >= 0.6 is 0 Å². The molecule has 1 N–H and O–H groups in total.